The second-order valence-electron chi connectivity index (χ2n) is 6.58. The average Bonchev–Trinajstić information content (AvgIpc) is 2.85. The van der Waals surface area contributed by atoms with Gasteiger partial charge in [-0.2, -0.15) is 0 Å². The fourth-order valence-corrected chi connectivity index (χ4v) is 2.44. The van der Waals surface area contributed by atoms with Gasteiger partial charge in [-0.25, -0.2) is 4.79 Å². The maximum absolute atomic E-state index is 12.4. The number of rotatable bonds is 4. The van der Waals surface area contributed by atoms with Crippen molar-refractivity contribution in [3.05, 3.63) is 36.0 Å². The molecule has 130 valence electrons. The Morgan fingerprint density at radius 2 is 1.92 bits per heavy atom. The van der Waals surface area contributed by atoms with Gasteiger partial charge in [-0.1, -0.05) is 18.2 Å². The highest BCUT2D eigenvalue weighted by Crippen LogP contribution is 2.24. The van der Waals surface area contributed by atoms with E-state index in [2.05, 4.69) is 0 Å². The Hall–Kier alpha value is -2.34. The van der Waals surface area contributed by atoms with Crippen LogP contribution in [0.3, 0.4) is 0 Å². The molecule has 2 N–H and O–H groups in total. The van der Waals surface area contributed by atoms with Gasteiger partial charge in [0, 0.05) is 18.0 Å². The van der Waals surface area contributed by atoms with E-state index in [-0.39, 0.29) is 13.0 Å². The van der Waals surface area contributed by atoms with Gasteiger partial charge in [-0.05, 0) is 39.3 Å². The third-order valence-electron chi connectivity index (χ3n) is 3.41. The number of ether oxygens (including phenoxy) is 2. The molecule has 0 bridgehead atoms. The van der Waals surface area contributed by atoms with Crippen molar-refractivity contribution in [1.29, 1.82) is 0 Å². The fourth-order valence-electron chi connectivity index (χ4n) is 2.44. The summed E-state index contributed by atoms with van der Waals surface area (Å²) in [5, 5.41) is 0.864. The lowest BCUT2D eigenvalue weighted by atomic mass is 10.1. The second-order valence-corrected chi connectivity index (χ2v) is 6.58. The van der Waals surface area contributed by atoms with Crippen LogP contribution in [0.1, 0.15) is 33.3 Å². The zero-order valence-corrected chi connectivity index (χ0v) is 14.5. The van der Waals surface area contributed by atoms with Crippen LogP contribution in [0, 0.1) is 0 Å². The first-order valence-corrected chi connectivity index (χ1v) is 7.97. The molecule has 0 saturated carbocycles. The van der Waals surface area contributed by atoms with E-state index >= 15 is 0 Å². The van der Waals surface area contributed by atoms with Crippen molar-refractivity contribution in [2.75, 3.05) is 6.61 Å². The summed E-state index contributed by atoms with van der Waals surface area (Å²) < 4.78 is 11.8. The summed E-state index contributed by atoms with van der Waals surface area (Å²) in [6.07, 6.45) is 1.50. The number of benzene rings is 1. The summed E-state index contributed by atoms with van der Waals surface area (Å²) in [6, 6.07) is 6.67. The number of esters is 1. The number of nitrogens with zero attached hydrogens (tertiary/aromatic N) is 1. The number of fused-ring (bicyclic) bond motifs is 1. The van der Waals surface area contributed by atoms with Crippen molar-refractivity contribution in [2.45, 2.75) is 45.8 Å². The molecule has 1 aromatic carbocycles. The van der Waals surface area contributed by atoms with Crippen LogP contribution < -0.4 is 5.73 Å². The Morgan fingerprint density at radius 1 is 1.25 bits per heavy atom. The van der Waals surface area contributed by atoms with Crippen LogP contribution in [0.15, 0.2) is 30.5 Å². The summed E-state index contributed by atoms with van der Waals surface area (Å²) in [5.74, 6) is -0.452. The maximum Gasteiger partial charge on any atom is 0.419 e. The lowest BCUT2D eigenvalue weighted by Crippen LogP contribution is -2.34. The minimum absolute atomic E-state index is 0.284. The molecule has 1 aromatic heterocycles. The molecule has 1 heterocycles. The molecule has 0 radical (unpaired) electrons. The number of carbonyl (C=O) groups excluding carboxylic acids is 2. The molecule has 0 aliphatic heterocycles. The Bertz CT molecular complexity index is 743. The Kier molecular flexibility index (Phi) is 5.29. The Balaban J connectivity index is 2.35. The molecule has 0 saturated heterocycles. The van der Waals surface area contributed by atoms with E-state index < -0.39 is 23.7 Å². The highest BCUT2D eigenvalue weighted by Gasteiger charge is 2.23. The predicted molar refractivity (Wildman–Crippen MR) is 91.9 cm³/mol. The molecular formula is C18H24N2O4. The van der Waals surface area contributed by atoms with Gasteiger partial charge in [0.15, 0.2) is 0 Å². The monoisotopic (exact) mass is 332 g/mol. The van der Waals surface area contributed by atoms with Crippen LogP contribution in [0.5, 0.6) is 0 Å². The molecule has 24 heavy (non-hydrogen) atoms. The van der Waals surface area contributed by atoms with Gasteiger partial charge < -0.3 is 15.2 Å². The topological polar surface area (TPSA) is 83.5 Å². The van der Waals surface area contributed by atoms with Gasteiger partial charge in [-0.15, -0.1) is 0 Å². The smallest absolute Gasteiger partial charge is 0.419 e. The van der Waals surface area contributed by atoms with Crippen molar-refractivity contribution < 1.29 is 19.1 Å². The van der Waals surface area contributed by atoms with E-state index in [9.17, 15) is 9.59 Å². The summed E-state index contributed by atoms with van der Waals surface area (Å²) in [4.78, 5) is 24.2. The largest absolute Gasteiger partial charge is 0.465 e. The van der Waals surface area contributed by atoms with Crippen LogP contribution in [0.2, 0.25) is 0 Å². The molecular weight excluding hydrogens is 308 g/mol. The first-order valence-electron chi connectivity index (χ1n) is 7.97. The predicted octanol–water partition coefficient (Wildman–Crippen LogP) is 2.86. The van der Waals surface area contributed by atoms with Gasteiger partial charge in [0.1, 0.15) is 11.6 Å². The fraction of sp³-hybridized carbons (Fsp3) is 0.444. The molecule has 2 rings (SSSR count). The minimum atomic E-state index is -0.775. The highest BCUT2D eigenvalue weighted by molar-refractivity contribution is 5.92. The van der Waals surface area contributed by atoms with Gasteiger partial charge in [0.05, 0.1) is 12.1 Å². The third kappa shape index (κ3) is 4.14. The number of aromatic nitrogens is 1. The zero-order valence-electron chi connectivity index (χ0n) is 14.5. The third-order valence-corrected chi connectivity index (χ3v) is 3.41. The zero-order chi connectivity index (χ0) is 17.9. The van der Waals surface area contributed by atoms with Crippen molar-refractivity contribution in [1.82, 2.24) is 4.57 Å². The lowest BCUT2D eigenvalue weighted by Gasteiger charge is -2.19. The maximum atomic E-state index is 12.4. The standard InChI is InChI=1S/C18H24N2O4/c1-5-23-16(21)14(19)10-12-11-20(17(22)24-18(2,3)4)15-9-7-6-8-13(12)15/h6-9,11,14H,5,10,19H2,1-4H3/t14-/m0/s1. The molecule has 6 nitrogen and oxygen atoms in total. The molecule has 0 fully saturated rings. The quantitative estimate of drug-likeness (QED) is 0.870. The summed E-state index contributed by atoms with van der Waals surface area (Å²) in [7, 11) is 0. The first kappa shape index (κ1) is 18.0. The molecule has 0 unspecified atom stereocenters. The first-order chi connectivity index (χ1) is 11.2. The minimum Gasteiger partial charge on any atom is -0.465 e. The highest BCUT2D eigenvalue weighted by atomic mass is 16.6. The molecule has 1 atom stereocenters. The molecule has 0 spiro atoms. The number of para-hydroxylation sites is 1. The number of carbonyl (C=O) groups is 2. The van der Waals surface area contributed by atoms with Crippen molar-refractivity contribution in [2.24, 2.45) is 5.73 Å². The van der Waals surface area contributed by atoms with Gasteiger partial charge in [-0.3, -0.25) is 9.36 Å². The number of hydrogen-bond donors (Lipinski definition) is 1. The van der Waals surface area contributed by atoms with E-state index in [4.69, 9.17) is 15.2 Å². The second kappa shape index (κ2) is 7.05. The number of hydrogen-bond acceptors (Lipinski definition) is 5. The molecule has 2 aromatic rings. The van der Waals surface area contributed by atoms with Crippen molar-refractivity contribution >= 4 is 23.0 Å². The molecule has 0 amide bonds. The SMILES string of the molecule is CCOC(=O)[C@@H](N)Cc1cn(C(=O)OC(C)(C)C)c2ccccc12. The van der Waals surface area contributed by atoms with E-state index in [0.717, 1.165) is 16.5 Å². The van der Waals surface area contributed by atoms with E-state index in [1.54, 1.807) is 13.1 Å². The van der Waals surface area contributed by atoms with Crippen LogP contribution in [0.25, 0.3) is 10.9 Å². The Morgan fingerprint density at radius 3 is 2.54 bits per heavy atom. The van der Waals surface area contributed by atoms with Crippen LogP contribution >= 0.6 is 0 Å². The van der Waals surface area contributed by atoms with Crippen LogP contribution in [0.4, 0.5) is 4.79 Å². The van der Waals surface area contributed by atoms with Gasteiger partial charge in [0.25, 0.3) is 0 Å². The van der Waals surface area contributed by atoms with Gasteiger partial charge in [0.2, 0.25) is 0 Å². The summed E-state index contributed by atoms with van der Waals surface area (Å²) >= 11 is 0. The molecule has 0 aliphatic carbocycles. The average molecular weight is 332 g/mol. The number of nitrogens with two attached hydrogens (primary N) is 1. The van der Waals surface area contributed by atoms with E-state index in [1.807, 2.05) is 45.0 Å². The van der Waals surface area contributed by atoms with Crippen molar-refractivity contribution in [3.8, 4) is 0 Å². The lowest BCUT2D eigenvalue weighted by molar-refractivity contribution is -0.144. The van der Waals surface area contributed by atoms with E-state index in [1.165, 1.54) is 4.57 Å². The molecule has 0 aliphatic rings. The summed E-state index contributed by atoms with van der Waals surface area (Å²) in [5.41, 5.74) is 6.84. The molecule has 6 heteroatoms. The van der Waals surface area contributed by atoms with Gasteiger partial charge >= 0.3 is 12.1 Å². The Labute approximate surface area is 141 Å². The van der Waals surface area contributed by atoms with Crippen LogP contribution in [-0.2, 0) is 20.7 Å². The summed E-state index contributed by atoms with van der Waals surface area (Å²) in [6.45, 7) is 7.46. The van der Waals surface area contributed by atoms with E-state index in [0.29, 0.717) is 0 Å². The normalized spacial score (nSPS) is 12.9. The van der Waals surface area contributed by atoms with Crippen LogP contribution in [-0.4, -0.2) is 34.9 Å². The van der Waals surface area contributed by atoms with Crippen molar-refractivity contribution in [3.63, 3.8) is 0 Å².